The molecule has 0 aromatic heterocycles. The maximum absolute atomic E-state index is 12.4. The number of hydrogen-bond donors (Lipinski definition) is 2. The predicted molar refractivity (Wildman–Crippen MR) is 106 cm³/mol. The summed E-state index contributed by atoms with van der Waals surface area (Å²) in [5.41, 5.74) is -0.514. The van der Waals surface area contributed by atoms with Gasteiger partial charge in [-0.2, -0.15) is 0 Å². The minimum absolute atomic E-state index is 0.231. The molecule has 2 N–H and O–H groups in total. The SMILES string of the molecule is Cc1cccc(C(=O)OCC(=O)NC(=O)NC23CC4CC(CC(C4)C2)C3)c1[N+](=O)[O-]. The number of hydrogen-bond acceptors (Lipinski definition) is 6. The number of esters is 1. The standard InChI is InChI=1S/C21H25N3O6/c1-12-3-2-4-16(18(12)24(28)29)19(26)30-11-17(25)22-20(27)23-21-8-13-5-14(9-21)7-15(6-13)10-21/h2-4,13-15H,5-11H2,1H3,(H2,22,23,25,27). The third-order valence-corrected chi connectivity index (χ3v) is 6.64. The fourth-order valence-corrected chi connectivity index (χ4v) is 5.97. The smallest absolute Gasteiger partial charge is 0.345 e. The normalized spacial score (nSPS) is 28.6. The Hall–Kier alpha value is -2.97. The lowest BCUT2D eigenvalue weighted by Gasteiger charge is -2.56. The number of imide groups is 1. The molecule has 9 nitrogen and oxygen atoms in total. The summed E-state index contributed by atoms with van der Waals surface area (Å²) in [6, 6.07) is 3.69. The number of para-hydroxylation sites is 1. The van der Waals surface area contributed by atoms with Crippen molar-refractivity contribution in [3.05, 3.63) is 39.4 Å². The molecule has 0 unspecified atom stereocenters. The molecule has 0 aliphatic heterocycles. The fraction of sp³-hybridized carbons (Fsp3) is 0.571. The number of nitro benzene ring substituents is 1. The highest BCUT2D eigenvalue weighted by Gasteiger charge is 2.51. The van der Waals surface area contributed by atoms with E-state index in [-0.39, 0.29) is 16.8 Å². The summed E-state index contributed by atoms with van der Waals surface area (Å²) < 4.78 is 4.89. The Bertz CT molecular complexity index is 877. The average Bonchev–Trinajstić information content (AvgIpc) is 2.63. The molecule has 4 fully saturated rings. The Morgan fingerprint density at radius 3 is 2.30 bits per heavy atom. The van der Waals surface area contributed by atoms with Crippen LogP contribution in [0.4, 0.5) is 10.5 Å². The minimum Gasteiger partial charge on any atom is -0.452 e. The van der Waals surface area contributed by atoms with Gasteiger partial charge < -0.3 is 10.1 Å². The van der Waals surface area contributed by atoms with E-state index in [1.165, 1.54) is 44.4 Å². The van der Waals surface area contributed by atoms with E-state index in [0.29, 0.717) is 23.3 Å². The van der Waals surface area contributed by atoms with E-state index in [2.05, 4.69) is 10.6 Å². The molecule has 0 atom stereocenters. The number of nitrogens with one attached hydrogen (secondary N) is 2. The molecule has 0 radical (unpaired) electrons. The second-order valence-electron chi connectivity index (χ2n) is 9.00. The number of nitrogens with zero attached hydrogens (tertiary/aromatic N) is 1. The molecule has 160 valence electrons. The quantitative estimate of drug-likeness (QED) is 0.432. The van der Waals surface area contributed by atoms with Crippen LogP contribution in [0.1, 0.15) is 54.4 Å². The summed E-state index contributed by atoms with van der Waals surface area (Å²) in [7, 11) is 0. The summed E-state index contributed by atoms with van der Waals surface area (Å²) >= 11 is 0. The molecule has 0 saturated heterocycles. The summed E-state index contributed by atoms with van der Waals surface area (Å²) in [5.74, 6) is 0.193. The molecule has 4 bridgehead atoms. The van der Waals surface area contributed by atoms with E-state index < -0.39 is 29.4 Å². The van der Waals surface area contributed by atoms with Crippen molar-refractivity contribution in [1.82, 2.24) is 10.6 Å². The van der Waals surface area contributed by atoms with Crippen LogP contribution in [0.25, 0.3) is 0 Å². The highest BCUT2D eigenvalue weighted by atomic mass is 16.6. The number of ether oxygens (including phenoxy) is 1. The number of carbonyl (C=O) groups is 3. The van der Waals surface area contributed by atoms with Crippen LogP contribution in [0, 0.1) is 34.8 Å². The van der Waals surface area contributed by atoms with E-state index in [4.69, 9.17) is 4.74 Å². The van der Waals surface area contributed by atoms with Gasteiger partial charge >= 0.3 is 12.0 Å². The molecule has 9 heteroatoms. The second kappa shape index (κ2) is 7.70. The molecular weight excluding hydrogens is 390 g/mol. The fourth-order valence-electron chi connectivity index (χ4n) is 5.97. The van der Waals surface area contributed by atoms with E-state index in [1.807, 2.05) is 0 Å². The monoisotopic (exact) mass is 415 g/mol. The zero-order valence-corrected chi connectivity index (χ0v) is 16.8. The summed E-state index contributed by atoms with van der Waals surface area (Å²) in [6.07, 6.45) is 6.57. The maximum Gasteiger partial charge on any atom is 0.345 e. The molecule has 30 heavy (non-hydrogen) atoms. The number of rotatable bonds is 5. The van der Waals surface area contributed by atoms with Gasteiger partial charge in [-0.1, -0.05) is 12.1 Å². The van der Waals surface area contributed by atoms with Crippen LogP contribution >= 0.6 is 0 Å². The number of aryl methyl sites for hydroxylation is 1. The van der Waals surface area contributed by atoms with Crippen molar-refractivity contribution in [3.63, 3.8) is 0 Å². The number of benzene rings is 1. The molecule has 0 spiro atoms. The zero-order valence-electron chi connectivity index (χ0n) is 16.8. The molecule has 5 rings (SSSR count). The van der Waals surface area contributed by atoms with Gasteiger partial charge in [0, 0.05) is 11.1 Å². The Balaban J connectivity index is 1.30. The van der Waals surface area contributed by atoms with Crippen LogP contribution in [0.15, 0.2) is 18.2 Å². The van der Waals surface area contributed by atoms with Crippen molar-refractivity contribution in [2.45, 2.75) is 51.0 Å². The molecule has 4 saturated carbocycles. The topological polar surface area (TPSA) is 128 Å². The van der Waals surface area contributed by atoms with Gasteiger partial charge in [-0.25, -0.2) is 9.59 Å². The third-order valence-electron chi connectivity index (χ3n) is 6.64. The van der Waals surface area contributed by atoms with Crippen LogP contribution in [-0.2, 0) is 9.53 Å². The van der Waals surface area contributed by atoms with E-state index in [9.17, 15) is 24.5 Å². The van der Waals surface area contributed by atoms with Gasteiger partial charge in [0.15, 0.2) is 6.61 Å². The van der Waals surface area contributed by atoms with Gasteiger partial charge in [-0.3, -0.25) is 20.2 Å². The number of carbonyl (C=O) groups excluding carboxylic acids is 3. The van der Waals surface area contributed by atoms with Crippen LogP contribution in [-0.4, -0.2) is 35.0 Å². The molecule has 0 heterocycles. The average molecular weight is 415 g/mol. The third kappa shape index (κ3) is 4.01. The minimum atomic E-state index is -0.984. The van der Waals surface area contributed by atoms with E-state index >= 15 is 0 Å². The largest absolute Gasteiger partial charge is 0.452 e. The Labute approximate surface area is 173 Å². The molecule has 4 aliphatic carbocycles. The van der Waals surface area contributed by atoms with Gasteiger partial charge in [0.05, 0.1) is 4.92 Å². The molecule has 1 aromatic rings. The van der Waals surface area contributed by atoms with Crippen molar-refractivity contribution >= 4 is 23.6 Å². The molecule has 1 aromatic carbocycles. The number of urea groups is 1. The first kappa shape index (κ1) is 20.3. The van der Waals surface area contributed by atoms with Crippen LogP contribution < -0.4 is 10.6 Å². The van der Waals surface area contributed by atoms with E-state index in [1.54, 1.807) is 0 Å². The lowest BCUT2D eigenvalue weighted by molar-refractivity contribution is -0.385. The number of nitro groups is 1. The first-order chi connectivity index (χ1) is 14.2. The lowest BCUT2D eigenvalue weighted by atomic mass is 9.53. The van der Waals surface area contributed by atoms with Gasteiger partial charge in [-0.05, 0) is 69.3 Å². The Morgan fingerprint density at radius 2 is 1.73 bits per heavy atom. The van der Waals surface area contributed by atoms with Crippen LogP contribution in [0.3, 0.4) is 0 Å². The first-order valence-corrected chi connectivity index (χ1v) is 10.3. The van der Waals surface area contributed by atoms with Crippen molar-refractivity contribution in [2.75, 3.05) is 6.61 Å². The summed E-state index contributed by atoms with van der Waals surface area (Å²) in [6.45, 7) is 0.814. The van der Waals surface area contributed by atoms with Crippen molar-refractivity contribution in [1.29, 1.82) is 0 Å². The summed E-state index contributed by atoms with van der Waals surface area (Å²) in [4.78, 5) is 47.2. The predicted octanol–water partition coefficient (Wildman–Crippen LogP) is 2.85. The van der Waals surface area contributed by atoms with Crippen molar-refractivity contribution in [3.8, 4) is 0 Å². The van der Waals surface area contributed by atoms with E-state index in [0.717, 1.165) is 19.3 Å². The van der Waals surface area contributed by atoms with Crippen molar-refractivity contribution in [2.24, 2.45) is 17.8 Å². The highest BCUT2D eigenvalue weighted by Crippen LogP contribution is 2.55. The first-order valence-electron chi connectivity index (χ1n) is 10.3. The van der Waals surface area contributed by atoms with Gasteiger partial charge in [0.25, 0.3) is 11.6 Å². The van der Waals surface area contributed by atoms with Gasteiger partial charge in [0.2, 0.25) is 0 Å². The highest BCUT2D eigenvalue weighted by molar-refractivity contribution is 5.98. The van der Waals surface area contributed by atoms with Crippen LogP contribution in [0.2, 0.25) is 0 Å². The maximum atomic E-state index is 12.4. The van der Waals surface area contributed by atoms with Crippen LogP contribution in [0.5, 0.6) is 0 Å². The molecular formula is C21H25N3O6. The van der Waals surface area contributed by atoms with Gasteiger partial charge in [0.1, 0.15) is 5.56 Å². The zero-order chi connectivity index (χ0) is 21.5. The molecule has 4 aliphatic rings. The Morgan fingerprint density at radius 1 is 1.13 bits per heavy atom. The molecule has 3 amide bonds. The summed E-state index contributed by atoms with van der Waals surface area (Å²) in [5, 5.41) is 16.4. The Kier molecular flexibility index (Phi) is 5.21. The van der Waals surface area contributed by atoms with Crippen molar-refractivity contribution < 1.29 is 24.0 Å². The second-order valence-corrected chi connectivity index (χ2v) is 9.00. The lowest BCUT2D eigenvalue weighted by Crippen LogP contribution is -2.62. The van der Waals surface area contributed by atoms with Gasteiger partial charge in [-0.15, -0.1) is 0 Å². The number of amides is 3.